The van der Waals surface area contributed by atoms with Crippen LogP contribution in [-0.4, -0.2) is 42.7 Å². The Morgan fingerprint density at radius 1 is 1.09 bits per heavy atom. The number of carbonyl (C=O) groups is 1. The highest BCUT2D eigenvalue weighted by atomic mass is 32.2. The van der Waals surface area contributed by atoms with Crippen LogP contribution >= 0.6 is 11.3 Å². The van der Waals surface area contributed by atoms with Crippen LogP contribution in [0.25, 0.3) is 0 Å². The fourth-order valence-corrected chi connectivity index (χ4v) is 6.79. The van der Waals surface area contributed by atoms with Crippen molar-refractivity contribution in [1.82, 2.24) is 9.21 Å². The largest absolute Gasteiger partial charge is 0.330 e. The summed E-state index contributed by atoms with van der Waals surface area (Å²) >= 11 is 1.72. The van der Waals surface area contributed by atoms with Crippen molar-refractivity contribution in [3.8, 4) is 0 Å². The minimum absolute atomic E-state index is 0.171. The summed E-state index contributed by atoms with van der Waals surface area (Å²) in [5.74, 6) is -0.171. The maximum atomic E-state index is 13.6. The predicted octanol–water partition coefficient (Wildman–Crippen LogP) is 4.71. The first-order valence-electron chi connectivity index (χ1n) is 10.9. The molecule has 0 saturated heterocycles. The van der Waals surface area contributed by atoms with Crippen LogP contribution in [0, 0.1) is 0 Å². The van der Waals surface area contributed by atoms with Gasteiger partial charge in [0.15, 0.2) is 0 Å². The summed E-state index contributed by atoms with van der Waals surface area (Å²) in [5, 5.41) is 2.07. The van der Waals surface area contributed by atoms with Crippen LogP contribution < -0.4 is 0 Å². The fraction of sp³-hybridized carbons (Fsp3) is 0.320. The maximum absolute atomic E-state index is 13.6. The van der Waals surface area contributed by atoms with Gasteiger partial charge in [-0.1, -0.05) is 55.5 Å². The number of thiophene rings is 1. The van der Waals surface area contributed by atoms with Gasteiger partial charge in [-0.2, -0.15) is 4.31 Å². The van der Waals surface area contributed by atoms with Gasteiger partial charge in [0.05, 0.1) is 17.5 Å². The molecule has 0 aliphatic carbocycles. The van der Waals surface area contributed by atoms with Gasteiger partial charge >= 0.3 is 0 Å². The molecule has 3 aromatic rings. The Hall–Kier alpha value is -2.48. The Labute approximate surface area is 194 Å². The molecule has 0 spiro atoms. The topological polar surface area (TPSA) is 57.7 Å². The molecule has 2 atom stereocenters. The van der Waals surface area contributed by atoms with E-state index >= 15 is 0 Å². The van der Waals surface area contributed by atoms with E-state index in [0.29, 0.717) is 13.0 Å². The molecule has 168 valence electrons. The normalized spacial score (nSPS) is 17.2. The molecule has 5 nitrogen and oxygen atoms in total. The zero-order valence-electron chi connectivity index (χ0n) is 18.3. The average Bonchev–Trinajstić information content (AvgIpc) is 3.31. The number of hydrogen-bond acceptors (Lipinski definition) is 4. The molecule has 0 saturated carbocycles. The smallest absolute Gasteiger partial charge is 0.243 e. The van der Waals surface area contributed by atoms with E-state index in [-0.39, 0.29) is 29.4 Å². The van der Waals surface area contributed by atoms with Gasteiger partial charge in [-0.25, -0.2) is 8.42 Å². The van der Waals surface area contributed by atoms with Gasteiger partial charge in [-0.05, 0) is 54.5 Å². The van der Waals surface area contributed by atoms with Crippen LogP contribution in [0.2, 0.25) is 0 Å². The van der Waals surface area contributed by atoms with E-state index in [9.17, 15) is 13.2 Å². The zero-order chi connectivity index (χ0) is 22.7. The van der Waals surface area contributed by atoms with Crippen molar-refractivity contribution in [2.45, 2.75) is 43.7 Å². The number of carbonyl (C=O) groups excluding carboxylic acids is 1. The third-order valence-corrected chi connectivity index (χ3v) is 9.10. The number of fused-ring (bicyclic) bond motifs is 1. The highest BCUT2D eigenvalue weighted by Crippen LogP contribution is 2.38. The van der Waals surface area contributed by atoms with Crippen molar-refractivity contribution >= 4 is 27.3 Å². The number of hydrogen-bond donors (Lipinski definition) is 0. The molecular weight excluding hydrogens is 440 g/mol. The standard InChI is InChI=1S/C25H28N2O3S2/c1-3-19(2)27(32(29,30)21-12-8-5-9-13-21)18-24(28)26-16-14-23-22(15-17-31-23)25(26)20-10-6-4-7-11-20/h4-13,15,17,19,25H,3,14,16,18H2,1-2H3. The van der Waals surface area contributed by atoms with Crippen LogP contribution in [0.4, 0.5) is 0 Å². The molecule has 1 aromatic heterocycles. The van der Waals surface area contributed by atoms with Crippen LogP contribution in [0.3, 0.4) is 0 Å². The van der Waals surface area contributed by atoms with Gasteiger partial charge in [0.2, 0.25) is 15.9 Å². The monoisotopic (exact) mass is 468 g/mol. The van der Waals surface area contributed by atoms with Gasteiger partial charge < -0.3 is 4.90 Å². The summed E-state index contributed by atoms with van der Waals surface area (Å²) in [4.78, 5) is 17.0. The summed E-state index contributed by atoms with van der Waals surface area (Å²) in [7, 11) is -3.79. The van der Waals surface area contributed by atoms with Gasteiger partial charge in [0.25, 0.3) is 0 Å². The third-order valence-electron chi connectivity index (χ3n) is 6.12. The van der Waals surface area contributed by atoms with E-state index < -0.39 is 10.0 Å². The molecule has 7 heteroatoms. The van der Waals surface area contributed by atoms with Gasteiger partial charge in [0.1, 0.15) is 0 Å². The first kappa shape index (κ1) is 22.7. The lowest BCUT2D eigenvalue weighted by Crippen LogP contribution is -2.49. The minimum atomic E-state index is -3.79. The number of benzene rings is 2. The molecule has 0 fully saturated rings. The summed E-state index contributed by atoms with van der Waals surface area (Å²) in [6, 6.07) is 19.9. The second-order valence-electron chi connectivity index (χ2n) is 8.07. The molecule has 2 unspecified atom stereocenters. The van der Waals surface area contributed by atoms with Crippen molar-refractivity contribution in [2.24, 2.45) is 0 Å². The molecule has 4 rings (SSSR count). The third kappa shape index (κ3) is 4.37. The Morgan fingerprint density at radius 3 is 2.41 bits per heavy atom. The molecular formula is C25H28N2O3S2. The fourth-order valence-electron chi connectivity index (χ4n) is 4.21. The highest BCUT2D eigenvalue weighted by Gasteiger charge is 2.36. The Morgan fingerprint density at radius 2 is 1.75 bits per heavy atom. The van der Waals surface area contributed by atoms with E-state index in [1.807, 2.05) is 49.1 Å². The summed E-state index contributed by atoms with van der Waals surface area (Å²) < 4.78 is 28.2. The van der Waals surface area contributed by atoms with Crippen molar-refractivity contribution in [3.63, 3.8) is 0 Å². The molecule has 1 aliphatic rings. The number of sulfonamides is 1. The molecule has 1 aliphatic heterocycles. The molecule has 1 amide bonds. The van der Waals surface area contributed by atoms with Gasteiger partial charge in [0, 0.05) is 17.5 Å². The maximum Gasteiger partial charge on any atom is 0.243 e. The van der Waals surface area contributed by atoms with Crippen LogP contribution in [0.1, 0.15) is 42.3 Å². The molecule has 32 heavy (non-hydrogen) atoms. The van der Waals surface area contributed by atoms with Crippen molar-refractivity contribution < 1.29 is 13.2 Å². The van der Waals surface area contributed by atoms with Crippen LogP contribution in [0.5, 0.6) is 0 Å². The zero-order valence-corrected chi connectivity index (χ0v) is 20.0. The lowest BCUT2D eigenvalue weighted by Gasteiger charge is -2.38. The minimum Gasteiger partial charge on any atom is -0.330 e. The Balaban J connectivity index is 1.67. The van der Waals surface area contributed by atoms with E-state index in [2.05, 4.69) is 11.4 Å². The number of amides is 1. The molecule has 0 bridgehead atoms. The lowest BCUT2D eigenvalue weighted by molar-refractivity contribution is -0.133. The Kier molecular flexibility index (Phi) is 6.79. The predicted molar refractivity (Wildman–Crippen MR) is 128 cm³/mol. The molecule has 0 N–H and O–H groups in total. The SMILES string of the molecule is CCC(C)N(CC(=O)N1CCc2sccc2C1c1ccccc1)S(=O)(=O)c1ccccc1. The van der Waals surface area contributed by atoms with Crippen molar-refractivity contribution in [2.75, 3.05) is 13.1 Å². The lowest BCUT2D eigenvalue weighted by atomic mass is 9.93. The van der Waals surface area contributed by atoms with E-state index in [4.69, 9.17) is 0 Å². The van der Waals surface area contributed by atoms with Crippen LogP contribution in [0.15, 0.2) is 77.0 Å². The van der Waals surface area contributed by atoms with Gasteiger partial charge in [-0.3, -0.25) is 4.79 Å². The second-order valence-corrected chi connectivity index (χ2v) is 11.0. The number of rotatable bonds is 7. The van der Waals surface area contributed by atoms with Crippen molar-refractivity contribution in [1.29, 1.82) is 0 Å². The van der Waals surface area contributed by atoms with Gasteiger partial charge in [-0.15, -0.1) is 11.3 Å². The van der Waals surface area contributed by atoms with E-state index in [1.165, 1.54) is 9.18 Å². The number of nitrogens with zero attached hydrogens (tertiary/aromatic N) is 2. The molecule has 2 aromatic carbocycles. The molecule has 2 heterocycles. The Bertz CT molecular complexity index is 1160. The summed E-state index contributed by atoms with van der Waals surface area (Å²) in [6.07, 6.45) is 1.41. The second kappa shape index (κ2) is 9.57. The quantitative estimate of drug-likeness (QED) is 0.505. The summed E-state index contributed by atoms with van der Waals surface area (Å²) in [5.41, 5.74) is 2.18. The van der Waals surface area contributed by atoms with Crippen LogP contribution in [-0.2, 0) is 21.2 Å². The molecule has 0 radical (unpaired) electrons. The van der Waals surface area contributed by atoms with E-state index in [0.717, 1.165) is 17.5 Å². The summed E-state index contributed by atoms with van der Waals surface area (Å²) in [6.45, 7) is 4.20. The first-order chi connectivity index (χ1) is 15.4. The average molecular weight is 469 g/mol. The van der Waals surface area contributed by atoms with E-state index in [1.54, 1.807) is 41.7 Å². The van der Waals surface area contributed by atoms with Crippen molar-refractivity contribution in [3.05, 3.63) is 88.1 Å². The highest BCUT2D eigenvalue weighted by molar-refractivity contribution is 7.89. The first-order valence-corrected chi connectivity index (χ1v) is 13.2.